The number of nitrogens with zero attached hydrogens (tertiary/aromatic N) is 2. The standard InChI is InChI=1S/C15H19N3O2S.2ClH/c1-18(14(19)15(16)6-8-20-9-7-15)10-13-17-11-4-2-3-5-12(11)21-13;;/h2-5H,6-10,16H2,1H3;2*1H. The highest BCUT2D eigenvalue weighted by Gasteiger charge is 2.38. The van der Waals surface area contributed by atoms with Gasteiger partial charge in [0.2, 0.25) is 5.91 Å². The molecule has 1 saturated heterocycles. The van der Waals surface area contributed by atoms with Crippen LogP contribution in [0.2, 0.25) is 0 Å². The Balaban J connectivity index is 0.00000132. The Labute approximate surface area is 152 Å². The molecule has 2 N–H and O–H groups in total. The van der Waals surface area contributed by atoms with Gasteiger partial charge in [-0.15, -0.1) is 36.2 Å². The Bertz CT molecular complexity index is 626. The van der Waals surface area contributed by atoms with Gasteiger partial charge in [-0.05, 0) is 25.0 Å². The van der Waals surface area contributed by atoms with Crippen molar-refractivity contribution in [3.8, 4) is 0 Å². The first-order valence-corrected chi connectivity index (χ1v) is 7.87. The molecule has 0 spiro atoms. The zero-order valence-electron chi connectivity index (χ0n) is 12.9. The molecule has 0 saturated carbocycles. The van der Waals surface area contributed by atoms with Crippen molar-refractivity contribution in [2.75, 3.05) is 20.3 Å². The van der Waals surface area contributed by atoms with Gasteiger partial charge in [-0.3, -0.25) is 4.79 Å². The summed E-state index contributed by atoms with van der Waals surface area (Å²) in [6, 6.07) is 7.99. The van der Waals surface area contributed by atoms with Crippen LogP contribution in [0.15, 0.2) is 24.3 Å². The number of carbonyl (C=O) groups excluding carboxylic acids is 1. The zero-order valence-corrected chi connectivity index (χ0v) is 15.3. The van der Waals surface area contributed by atoms with Gasteiger partial charge in [0.25, 0.3) is 0 Å². The average Bonchev–Trinajstić information content (AvgIpc) is 2.89. The van der Waals surface area contributed by atoms with Crippen LogP contribution in [0.3, 0.4) is 0 Å². The number of para-hydroxylation sites is 1. The summed E-state index contributed by atoms with van der Waals surface area (Å²) in [6.45, 7) is 1.60. The number of fused-ring (bicyclic) bond motifs is 1. The molecule has 1 aromatic heterocycles. The molecule has 23 heavy (non-hydrogen) atoms. The molecular weight excluding hydrogens is 357 g/mol. The third-order valence-corrected chi connectivity index (χ3v) is 4.89. The number of hydrogen-bond donors (Lipinski definition) is 1. The van der Waals surface area contributed by atoms with E-state index in [0.29, 0.717) is 32.6 Å². The number of carbonyl (C=O) groups is 1. The van der Waals surface area contributed by atoms with Crippen LogP contribution in [0.1, 0.15) is 17.8 Å². The van der Waals surface area contributed by atoms with Crippen LogP contribution < -0.4 is 5.73 Å². The number of aromatic nitrogens is 1. The number of nitrogens with two attached hydrogens (primary N) is 1. The van der Waals surface area contributed by atoms with Crippen molar-refractivity contribution in [2.45, 2.75) is 24.9 Å². The van der Waals surface area contributed by atoms with Gasteiger partial charge < -0.3 is 15.4 Å². The van der Waals surface area contributed by atoms with Gasteiger partial charge >= 0.3 is 0 Å². The fourth-order valence-electron chi connectivity index (χ4n) is 2.59. The maximum Gasteiger partial charge on any atom is 0.242 e. The van der Waals surface area contributed by atoms with E-state index in [1.54, 1.807) is 23.3 Å². The first-order valence-electron chi connectivity index (χ1n) is 7.05. The number of rotatable bonds is 3. The molecule has 8 heteroatoms. The monoisotopic (exact) mass is 377 g/mol. The Morgan fingerprint density at radius 3 is 2.65 bits per heavy atom. The predicted molar refractivity (Wildman–Crippen MR) is 97.6 cm³/mol. The Kier molecular flexibility index (Phi) is 7.23. The summed E-state index contributed by atoms with van der Waals surface area (Å²) < 4.78 is 6.43. The third-order valence-electron chi connectivity index (χ3n) is 3.87. The smallest absolute Gasteiger partial charge is 0.242 e. The van der Waals surface area contributed by atoms with E-state index < -0.39 is 5.54 Å². The fraction of sp³-hybridized carbons (Fsp3) is 0.467. The quantitative estimate of drug-likeness (QED) is 0.892. The second-order valence-corrected chi connectivity index (χ2v) is 6.62. The Morgan fingerprint density at radius 2 is 2.00 bits per heavy atom. The zero-order chi connectivity index (χ0) is 14.9. The normalized spacial score (nSPS) is 16.3. The summed E-state index contributed by atoms with van der Waals surface area (Å²) in [4.78, 5) is 18.8. The summed E-state index contributed by atoms with van der Waals surface area (Å²) in [6.07, 6.45) is 1.16. The van der Waals surface area contributed by atoms with Crippen molar-refractivity contribution in [2.24, 2.45) is 5.73 Å². The highest BCUT2D eigenvalue weighted by molar-refractivity contribution is 7.18. The number of hydrogen-bond acceptors (Lipinski definition) is 5. The van der Waals surface area contributed by atoms with Gasteiger partial charge in [-0.25, -0.2) is 4.98 Å². The summed E-state index contributed by atoms with van der Waals surface area (Å²) in [7, 11) is 1.79. The number of likely N-dealkylation sites (N-methyl/N-ethyl adjacent to an activating group) is 1. The van der Waals surface area contributed by atoms with E-state index in [0.717, 1.165) is 15.2 Å². The van der Waals surface area contributed by atoms with Gasteiger partial charge in [0.15, 0.2) is 0 Å². The third kappa shape index (κ3) is 4.33. The lowest BCUT2D eigenvalue weighted by atomic mass is 9.90. The SMILES string of the molecule is CN(Cc1nc2ccccc2s1)C(=O)C1(N)CCOCC1.Cl.Cl. The lowest BCUT2D eigenvalue weighted by molar-refractivity contribution is -0.139. The first kappa shape index (κ1) is 20.1. The van der Waals surface area contributed by atoms with Gasteiger partial charge in [0, 0.05) is 20.3 Å². The van der Waals surface area contributed by atoms with Crippen LogP contribution in [-0.4, -0.2) is 41.6 Å². The van der Waals surface area contributed by atoms with Crippen LogP contribution in [-0.2, 0) is 16.1 Å². The minimum absolute atomic E-state index is 0. The minimum Gasteiger partial charge on any atom is -0.381 e. The maximum atomic E-state index is 12.6. The molecule has 0 aliphatic carbocycles. The van der Waals surface area contributed by atoms with E-state index in [2.05, 4.69) is 4.98 Å². The molecular formula is C15H21Cl2N3O2S. The summed E-state index contributed by atoms with van der Waals surface area (Å²) in [5.74, 6) is -0.0231. The van der Waals surface area contributed by atoms with Gasteiger partial charge in [0.1, 0.15) is 5.01 Å². The maximum absolute atomic E-state index is 12.6. The molecule has 0 radical (unpaired) electrons. The Morgan fingerprint density at radius 1 is 1.35 bits per heavy atom. The lowest BCUT2D eigenvalue weighted by Gasteiger charge is -2.35. The van der Waals surface area contributed by atoms with Crippen molar-refractivity contribution in [1.29, 1.82) is 0 Å². The average molecular weight is 378 g/mol. The first-order chi connectivity index (χ1) is 10.1. The largest absolute Gasteiger partial charge is 0.381 e. The van der Waals surface area contributed by atoms with E-state index in [-0.39, 0.29) is 30.7 Å². The van der Waals surface area contributed by atoms with Crippen molar-refractivity contribution >= 4 is 52.3 Å². The van der Waals surface area contributed by atoms with Crippen LogP contribution in [0.5, 0.6) is 0 Å². The Hall–Kier alpha value is -0.920. The molecule has 5 nitrogen and oxygen atoms in total. The van der Waals surface area contributed by atoms with Gasteiger partial charge in [0.05, 0.1) is 22.3 Å². The predicted octanol–water partition coefficient (Wildman–Crippen LogP) is 2.61. The van der Waals surface area contributed by atoms with Crippen LogP contribution in [0, 0.1) is 0 Å². The minimum atomic E-state index is -0.788. The molecule has 1 aromatic carbocycles. The molecule has 0 bridgehead atoms. The van der Waals surface area contributed by atoms with Crippen LogP contribution >= 0.6 is 36.2 Å². The second-order valence-electron chi connectivity index (χ2n) is 5.51. The topological polar surface area (TPSA) is 68.5 Å². The molecule has 0 unspecified atom stereocenters. The lowest BCUT2D eigenvalue weighted by Crippen LogP contribution is -2.57. The van der Waals surface area contributed by atoms with E-state index in [1.807, 2.05) is 24.3 Å². The summed E-state index contributed by atoms with van der Waals surface area (Å²) >= 11 is 1.62. The van der Waals surface area contributed by atoms with Crippen molar-refractivity contribution in [1.82, 2.24) is 9.88 Å². The number of thiazole rings is 1. The molecule has 2 aromatic rings. The van der Waals surface area contributed by atoms with E-state index >= 15 is 0 Å². The highest BCUT2D eigenvalue weighted by Crippen LogP contribution is 2.24. The number of amides is 1. The van der Waals surface area contributed by atoms with Crippen LogP contribution in [0.25, 0.3) is 10.2 Å². The number of benzene rings is 1. The summed E-state index contributed by atoms with van der Waals surface area (Å²) in [5, 5.41) is 0.933. The molecule has 2 heterocycles. The molecule has 0 atom stereocenters. The fourth-order valence-corrected chi connectivity index (χ4v) is 3.61. The van der Waals surface area contributed by atoms with Crippen molar-refractivity contribution in [3.05, 3.63) is 29.3 Å². The van der Waals surface area contributed by atoms with E-state index in [4.69, 9.17) is 10.5 Å². The van der Waals surface area contributed by atoms with Gasteiger partial charge in [-0.1, -0.05) is 12.1 Å². The molecule has 1 amide bonds. The molecule has 128 valence electrons. The molecule has 1 aliphatic heterocycles. The number of halogens is 2. The second kappa shape index (κ2) is 8.26. The molecule has 1 aliphatic rings. The highest BCUT2D eigenvalue weighted by atomic mass is 35.5. The van der Waals surface area contributed by atoms with Gasteiger partial charge in [-0.2, -0.15) is 0 Å². The molecule has 3 rings (SSSR count). The van der Waals surface area contributed by atoms with Crippen molar-refractivity contribution in [3.63, 3.8) is 0 Å². The van der Waals surface area contributed by atoms with E-state index in [1.165, 1.54) is 0 Å². The van der Waals surface area contributed by atoms with Crippen molar-refractivity contribution < 1.29 is 9.53 Å². The number of ether oxygens (including phenoxy) is 1. The van der Waals surface area contributed by atoms with E-state index in [9.17, 15) is 4.79 Å². The summed E-state index contributed by atoms with van der Waals surface area (Å²) in [5.41, 5.74) is 6.43. The van der Waals surface area contributed by atoms with Crippen LogP contribution in [0.4, 0.5) is 0 Å². The molecule has 1 fully saturated rings.